The van der Waals surface area contributed by atoms with Crippen LogP contribution in [0, 0.1) is 5.82 Å². The van der Waals surface area contributed by atoms with Crippen molar-refractivity contribution in [2.75, 3.05) is 13.6 Å². The molecule has 0 saturated heterocycles. The average Bonchev–Trinajstić information content (AvgIpc) is 2.53. The third-order valence-corrected chi connectivity index (χ3v) is 3.62. The number of hydrogen-bond donors (Lipinski definition) is 4. The maximum absolute atomic E-state index is 12.9. The number of primary amides is 1. The molecule has 1 rings (SSSR count). The second-order valence-electron chi connectivity index (χ2n) is 5.42. The summed E-state index contributed by atoms with van der Waals surface area (Å²) < 4.78 is 12.9. The van der Waals surface area contributed by atoms with E-state index in [1.165, 1.54) is 12.1 Å². The highest BCUT2D eigenvalue weighted by Crippen LogP contribution is 2.07. The third-order valence-electron chi connectivity index (χ3n) is 3.62. The third kappa shape index (κ3) is 6.75. The molecule has 0 aliphatic heterocycles. The predicted molar refractivity (Wildman–Crippen MR) is 87.0 cm³/mol. The lowest BCUT2D eigenvalue weighted by Crippen LogP contribution is -2.51. The smallest absolute Gasteiger partial charge is 0.240 e. The molecule has 2 atom stereocenters. The van der Waals surface area contributed by atoms with Gasteiger partial charge in [0.25, 0.3) is 0 Å². The van der Waals surface area contributed by atoms with E-state index < -0.39 is 18.0 Å². The summed E-state index contributed by atoms with van der Waals surface area (Å²) >= 11 is 0. The highest BCUT2D eigenvalue weighted by Gasteiger charge is 2.23. The lowest BCUT2D eigenvalue weighted by Gasteiger charge is -2.20. The monoisotopic (exact) mass is 324 g/mol. The summed E-state index contributed by atoms with van der Waals surface area (Å²) in [5.41, 5.74) is 11.6. The molecule has 0 aliphatic carbocycles. The van der Waals surface area contributed by atoms with Gasteiger partial charge in [-0.1, -0.05) is 12.1 Å². The Balaban J connectivity index is 2.63. The topological polar surface area (TPSA) is 110 Å². The maximum atomic E-state index is 12.9. The zero-order valence-electron chi connectivity index (χ0n) is 13.3. The molecule has 0 fully saturated rings. The molecular formula is C16H25FN4O2. The van der Waals surface area contributed by atoms with Crippen LogP contribution < -0.4 is 22.1 Å². The summed E-state index contributed by atoms with van der Waals surface area (Å²) in [5, 5.41) is 5.57. The van der Waals surface area contributed by atoms with Gasteiger partial charge in [0.1, 0.15) is 11.9 Å². The van der Waals surface area contributed by atoms with Crippen LogP contribution in [0.1, 0.15) is 24.8 Å². The Morgan fingerprint density at radius 3 is 2.35 bits per heavy atom. The van der Waals surface area contributed by atoms with Crippen molar-refractivity contribution in [2.45, 2.75) is 37.8 Å². The molecule has 0 aromatic heterocycles. The van der Waals surface area contributed by atoms with Crippen LogP contribution in [0.15, 0.2) is 24.3 Å². The van der Waals surface area contributed by atoms with Crippen molar-refractivity contribution in [1.82, 2.24) is 10.6 Å². The molecule has 7 heteroatoms. The van der Waals surface area contributed by atoms with E-state index in [0.717, 1.165) is 12.0 Å². The van der Waals surface area contributed by atoms with Gasteiger partial charge >= 0.3 is 0 Å². The van der Waals surface area contributed by atoms with Gasteiger partial charge in [-0.15, -0.1) is 0 Å². The van der Waals surface area contributed by atoms with Crippen molar-refractivity contribution in [3.63, 3.8) is 0 Å². The number of likely N-dealkylation sites (N-methyl/N-ethyl adjacent to an activating group) is 1. The van der Waals surface area contributed by atoms with E-state index >= 15 is 0 Å². The van der Waals surface area contributed by atoms with Gasteiger partial charge in [-0.05, 0) is 57.0 Å². The molecule has 1 aromatic rings. The molecule has 0 saturated carbocycles. The fourth-order valence-corrected chi connectivity index (χ4v) is 2.23. The molecule has 0 aliphatic rings. The second-order valence-corrected chi connectivity index (χ2v) is 5.42. The molecule has 0 bridgehead atoms. The number of carbonyl (C=O) groups is 2. The number of benzene rings is 1. The van der Waals surface area contributed by atoms with Gasteiger partial charge in [0.05, 0.1) is 6.04 Å². The Morgan fingerprint density at radius 2 is 1.83 bits per heavy atom. The highest BCUT2D eigenvalue weighted by atomic mass is 19.1. The fourth-order valence-electron chi connectivity index (χ4n) is 2.23. The van der Waals surface area contributed by atoms with Gasteiger partial charge in [0.15, 0.2) is 0 Å². The Bertz CT molecular complexity index is 507. The molecule has 0 radical (unpaired) electrons. The number of carbonyl (C=O) groups excluding carboxylic acids is 2. The van der Waals surface area contributed by atoms with Gasteiger partial charge in [-0.3, -0.25) is 9.59 Å². The molecule has 2 amide bonds. The first kappa shape index (κ1) is 19.1. The molecule has 6 nitrogen and oxygen atoms in total. The van der Waals surface area contributed by atoms with Crippen molar-refractivity contribution in [3.05, 3.63) is 35.6 Å². The van der Waals surface area contributed by atoms with Gasteiger partial charge < -0.3 is 22.1 Å². The Kier molecular flexibility index (Phi) is 8.21. The Hall–Kier alpha value is -1.99. The minimum atomic E-state index is -0.710. The fraction of sp³-hybridized carbons (Fsp3) is 0.500. The van der Waals surface area contributed by atoms with Crippen molar-refractivity contribution >= 4 is 11.8 Å². The van der Waals surface area contributed by atoms with E-state index in [1.807, 2.05) is 0 Å². The van der Waals surface area contributed by atoms with E-state index in [1.54, 1.807) is 19.2 Å². The van der Waals surface area contributed by atoms with Crippen molar-refractivity contribution in [2.24, 2.45) is 11.5 Å². The number of amides is 2. The molecule has 0 heterocycles. The first-order valence-corrected chi connectivity index (χ1v) is 7.69. The maximum Gasteiger partial charge on any atom is 0.240 e. The van der Waals surface area contributed by atoms with Crippen molar-refractivity contribution < 1.29 is 14.0 Å². The van der Waals surface area contributed by atoms with Crippen LogP contribution in [0.2, 0.25) is 0 Å². The quantitative estimate of drug-likeness (QED) is 0.456. The van der Waals surface area contributed by atoms with E-state index in [4.69, 9.17) is 11.5 Å². The Morgan fingerprint density at radius 1 is 1.17 bits per heavy atom. The summed E-state index contributed by atoms with van der Waals surface area (Å²) in [5.74, 6) is -1.20. The van der Waals surface area contributed by atoms with E-state index in [0.29, 0.717) is 25.8 Å². The highest BCUT2D eigenvalue weighted by molar-refractivity contribution is 5.89. The lowest BCUT2D eigenvalue weighted by molar-refractivity contribution is -0.128. The molecule has 23 heavy (non-hydrogen) atoms. The standard InChI is InChI=1S/C16H25FN4O2/c1-20-14(10-11-5-7-12(17)8-6-11)16(23)21-13(15(19)22)4-2-3-9-18/h5-8,13-14,20H,2-4,9-10,18H2,1H3,(H2,19,22)(H,21,23). The summed E-state index contributed by atoms with van der Waals surface area (Å²) in [6, 6.07) is 4.70. The normalized spacial score (nSPS) is 13.3. The van der Waals surface area contributed by atoms with Gasteiger partial charge in [-0.2, -0.15) is 0 Å². The van der Waals surface area contributed by atoms with E-state index in [9.17, 15) is 14.0 Å². The van der Waals surface area contributed by atoms with Gasteiger partial charge in [-0.25, -0.2) is 4.39 Å². The van der Waals surface area contributed by atoms with E-state index in [-0.39, 0.29) is 11.7 Å². The zero-order valence-corrected chi connectivity index (χ0v) is 13.3. The van der Waals surface area contributed by atoms with Crippen LogP contribution in [0.5, 0.6) is 0 Å². The molecule has 0 spiro atoms. The summed E-state index contributed by atoms with van der Waals surface area (Å²) in [6.45, 7) is 0.531. The van der Waals surface area contributed by atoms with Crippen LogP contribution in [-0.4, -0.2) is 37.5 Å². The number of rotatable bonds is 10. The van der Waals surface area contributed by atoms with Crippen molar-refractivity contribution in [3.8, 4) is 0 Å². The number of nitrogens with two attached hydrogens (primary N) is 2. The minimum absolute atomic E-state index is 0.312. The van der Waals surface area contributed by atoms with Crippen LogP contribution in [-0.2, 0) is 16.0 Å². The van der Waals surface area contributed by atoms with Crippen LogP contribution in [0.3, 0.4) is 0 Å². The number of unbranched alkanes of at least 4 members (excludes halogenated alkanes) is 1. The van der Waals surface area contributed by atoms with E-state index in [2.05, 4.69) is 10.6 Å². The van der Waals surface area contributed by atoms with Crippen LogP contribution in [0.4, 0.5) is 4.39 Å². The SMILES string of the molecule is CNC(Cc1ccc(F)cc1)C(=O)NC(CCCCN)C(N)=O. The average molecular weight is 324 g/mol. The molecule has 1 aromatic carbocycles. The number of halogens is 1. The molecule has 2 unspecified atom stereocenters. The molecule has 128 valence electrons. The Labute approximate surface area is 135 Å². The summed E-state index contributed by atoms with van der Waals surface area (Å²) in [4.78, 5) is 23.8. The second kappa shape index (κ2) is 9.91. The van der Waals surface area contributed by atoms with Crippen LogP contribution >= 0.6 is 0 Å². The lowest BCUT2D eigenvalue weighted by atomic mass is 10.0. The first-order chi connectivity index (χ1) is 11.0. The minimum Gasteiger partial charge on any atom is -0.368 e. The van der Waals surface area contributed by atoms with Crippen molar-refractivity contribution in [1.29, 1.82) is 0 Å². The largest absolute Gasteiger partial charge is 0.368 e. The van der Waals surface area contributed by atoms with Gasteiger partial charge in [0, 0.05) is 0 Å². The predicted octanol–water partition coefficient (Wildman–Crippen LogP) is 0.0553. The zero-order chi connectivity index (χ0) is 17.2. The van der Waals surface area contributed by atoms with Gasteiger partial charge in [0.2, 0.25) is 11.8 Å². The van der Waals surface area contributed by atoms with Crippen LogP contribution in [0.25, 0.3) is 0 Å². The molecule has 6 N–H and O–H groups in total. The number of nitrogens with one attached hydrogen (secondary N) is 2. The summed E-state index contributed by atoms with van der Waals surface area (Å²) in [6.07, 6.45) is 2.33. The summed E-state index contributed by atoms with van der Waals surface area (Å²) in [7, 11) is 1.65. The first-order valence-electron chi connectivity index (χ1n) is 7.69. The number of hydrogen-bond acceptors (Lipinski definition) is 4. The molecular weight excluding hydrogens is 299 g/mol.